The maximum Gasteiger partial charge on any atom is 0.225 e. The first-order chi connectivity index (χ1) is 8.57. The van der Waals surface area contributed by atoms with Crippen LogP contribution in [0.25, 0.3) is 0 Å². The Kier molecular flexibility index (Phi) is 4.59. The van der Waals surface area contributed by atoms with Crippen molar-refractivity contribution >= 4 is 5.91 Å². The van der Waals surface area contributed by atoms with Crippen molar-refractivity contribution in [3.05, 3.63) is 0 Å². The van der Waals surface area contributed by atoms with Crippen molar-refractivity contribution < 1.29 is 14.3 Å². The Hall–Kier alpha value is -0.650. The maximum atomic E-state index is 11.8. The predicted octanol–water partition coefficient (Wildman–Crippen LogP) is 0.250. The summed E-state index contributed by atoms with van der Waals surface area (Å²) in [4.78, 5) is 14.1. The molecule has 2 aliphatic heterocycles. The number of nitrogens with zero attached hydrogens (tertiary/aromatic N) is 1. The molecule has 0 aromatic carbocycles. The summed E-state index contributed by atoms with van der Waals surface area (Å²) in [7, 11) is 0. The lowest BCUT2D eigenvalue weighted by atomic mass is 10.1. The molecule has 0 aromatic rings. The number of amides is 1. The van der Waals surface area contributed by atoms with Crippen LogP contribution in [0.15, 0.2) is 0 Å². The summed E-state index contributed by atoms with van der Waals surface area (Å²) in [6, 6.07) is 0. The van der Waals surface area contributed by atoms with Gasteiger partial charge in [-0.25, -0.2) is 0 Å². The van der Waals surface area contributed by atoms with Crippen molar-refractivity contribution in [2.24, 2.45) is 5.92 Å². The second-order valence-corrected chi connectivity index (χ2v) is 5.74. The Bertz CT molecular complexity index is 288. The van der Waals surface area contributed by atoms with Gasteiger partial charge in [-0.2, -0.15) is 0 Å². The number of morpholine rings is 1. The number of hydrogen-bond acceptors (Lipinski definition) is 4. The van der Waals surface area contributed by atoms with Crippen LogP contribution in [-0.2, 0) is 14.3 Å². The van der Waals surface area contributed by atoms with Crippen LogP contribution in [0.3, 0.4) is 0 Å². The molecule has 1 N–H and O–H groups in total. The molecule has 1 amide bonds. The number of hydrogen-bond donors (Lipinski definition) is 1. The number of ether oxygens (including phenoxy) is 2. The summed E-state index contributed by atoms with van der Waals surface area (Å²) in [5, 5.41) is 3.00. The molecule has 0 aliphatic carbocycles. The maximum absolute atomic E-state index is 11.8. The van der Waals surface area contributed by atoms with Gasteiger partial charge >= 0.3 is 0 Å². The highest BCUT2D eigenvalue weighted by Gasteiger charge is 2.27. The smallest absolute Gasteiger partial charge is 0.225 e. The van der Waals surface area contributed by atoms with E-state index in [1.54, 1.807) is 0 Å². The van der Waals surface area contributed by atoms with E-state index in [-0.39, 0.29) is 17.4 Å². The molecule has 0 bridgehead atoms. The van der Waals surface area contributed by atoms with Gasteiger partial charge in [0.25, 0.3) is 0 Å². The van der Waals surface area contributed by atoms with Crippen molar-refractivity contribution in [2.75, 3.05) is 46.0 Å². The fourth-order valence-corrected chi connectivity index (χ4v) is 2.53. The zero-order chi connectivity index (χ0) is 13.0. The Morgan fingerprint density at radius 2 is 2.28 bits per heavy atom. The van der Waals surface area contributed by atoms with Gasteiger partial charge in [0.05, 0.1) is 24.7 Å². The molecule has 2 fully saturated rings. The third-order valence-electron chi connectivity index (χ3n) is 3.53. The molecule has 2 aliphatic rings. The van der Waals surface area contributed by atoms with Crippen LogP contribution in [0.5, 0.6) is 0 Å². The Morgan fingerprint density at radius 3 is 2.94 bits per heavy atom. The fraction of sp³-hybridized carbons (Fsp3) is 0.923. The predicted molar refractivity (Wildman–Crippen MR) is 68.4 cm³/mol. The molecule has 5 heteroatoms. The zero-order valence-corrected chi connectivity index (χ0v) is 11.4. The second kappa shape index (κ2) is 5.99. The van der Waals surface area contributed by atoms with Gasteiger partial charge in [0, 0.05) is 32.8 Å². The molecule has 5 nitrogen and oxygen atoms in total. The molecule has 18 heavy (non-hydrogen) atoms. The monoisotopic (exact) mass is 256 g/mol. The van der Waals surface area contributed by atoms with E-state index in [0.717, 1.165) is 39.3 Å². The second-order valence-electron chi connectivity index (χ2n) is 5.74. The topological polar surface area (TPSA) is 50.8 Å². The van der Waals surface area contributed by atoms with Crippen LogP contribution in [0, 0.1) is 5.92 Å². The van der Waals surface area contributed by atoms with E-state index >= 15 is 0 Å². The van der Waals surface area contributed by atoms with Crippen LogP contribution >= 0.6 is 0 Å². The van der Waals surface area contributed by atoms with Crippen molar-refractivity contribution in [3.8, 4) is 0 Å². The average molecular weight is 256 g/mol. The molecule has 1 atom stereocenters. The highest BCUT2D eigenvalue weighted by molar-refractivity contribution is 5.78. The normalized spacial score (nSPS) is 28.2. The highest BCUT2D eigenvalue weighted by Crippen LogP contribution is 2.16. The molecule has 0 saturated carbocycles. The van der Waals surface area contributed by atoms with E-state index in [1.165, 1.54) is 0 Å². The SMILES string of the molecule is CC1(C)CN(CCNC(=O)C2CCOC2)CCO1. The standard InChI is InChI=1S/C13H24N2O3/c1-13(2)10-15(6-8-18-13)5-4-14-12(16)11-3-7-17-9-11/h11H,3-10H2,1-2H3,(H,14,16). The Balaban J connectivity index is 1.64. The molecule has 0 aromatic heterocycles. The van der Waals surface area contributed by atoms with Crippen LogP contribution in [-0.4, -0.2) is 62.4 Å². The Labute approximate surface area is 109 Å². The number of nitrogens with one attached hydrogen (secondary N) is 1. The van der Waals surface area contributed by atoms with Gasteiger partial charge < -0.3 is 14.8 Å². The van der Waals surface area contributed by atoms with Gasteiger partial charge in [-0.15, -0.1) is 0 Å². The van der Waals surface area contributed by atoms with Gasteiger partial charge in [0.1, 0.15) is 0 Å². The molecule has 0 radical (unpaired) electrons. The van der Waals surface area contributed by atoms with Crippen molar-refractivity contribution in [1.29, 1.82) is 0 Å². The highest BCUT2D eigenvalue weighted by atomic mass is 16.5. The summed E-state index contributed by atoms with van der Waals surface area (Å²) in [6.07, 6.45) is 0.858. The summed E-state index contributed by atoms with van der Waals surface area (Å²) in [6.45, 7) is 9.77. The summed E-state index contributed by atoms with van der Waals surface area (Å²) in [5.41, 5.74) is -0.0679. The third kappa shape index (κ3) is 3.93. The molecule has 1 unspecified atom stereocenters. The van der Waals surface area contributed by atoms with Crippen molar-refractivity contribution in [2.45, 2.75) is 25.9 Å². The van der Waals surface area contributed by atoms with E-state index in [4.69, 9.17) is 9.47 Å². The molecule has 104 valence electrons. The van der Waals surface area contributed by atoms with E-state index in [9.17, 15) is 4.79 Å². The molecule has 0 spiro atoms. The first-order valence-corrected chi connectivity index (χ1v) is 6.79. The quantitative estimate of drug-likeness (QED) is 0.783. The Morgan fingerprint density at radius 1 is 1.44 bits per heavy atom. The summed E-state index contributed by atoms with van der Waals surface area (Å²) < 4.78 is 10.9. The van der Waals surface area contributed by atoms with Crippen molar-refractivity contribution in [1.82, 2.24) is 10.2 Å². The van der Waals surface area contributed by atoms with Gasteiger partial charge in [0.15, 0.2) is 0 Å². The van der Waals surface area contributed by atoms with Gasteiger partial charge in [0.2, 0.25) is 5.91 Å². The molecule has 2 saturated heterocycles. The largest absolute Gasteiger partial charge is 0.381 e. The minimum Gasteiger partial charge on any atom is -0.381 e. The number of carbonyl (C=O) groups excluding carboxylic acids is 1. The van der Waals surface area contributed by atoms with E-state index in [0.29, 0.717) is 13.2 Å². The number of carbonyl (C=O) groups is 1. The average Bonchev–Trinajstić information content (AvgIpc) is 2.81. The van der Waals surface area contributed by atoms with Gasteiger partial charge in [-0.05, 0) is 20.3 Å². The van der Waals surface area contributed by atoms with Crippen LogP contribution in [0.1, 0.15) is 20.3 Å². The fourth-order valence-electron chi connectivity index (χ4n) is 2.53. The minimum absolute atomic E-state index is 0.0612. The van der Waals surface area contributed by atoms with E-state index in [1.807, 2.05) is 0 Å². The van der Waals surface area contributed by atoms with Gasteiger partial charge in [-0.1, -0.05) is 0 Å². The third-order valence-corrected chi connectivity index (χ3v) is 3.53. The zero-order valence-electron chi connectivity index (χ0n) is 11.4. The molecule has 2 heterocycles. The van der Waals surface area contributed by atoms with Gasteiger partial charge in [-0.3, -0.25) is 9.69 Å². The molecule has 2 rings (SSSR count). The van der Waals surface area contributed by atoms with Crippen LogP contribution in [0.4, 0.5) is 0 Å². The first-order valence-electron chi connectivity index (χ1n) is 6.79. The van der Waals surface area contributed by atoms with Crippen molar-refractivity contribution in [3.63, 3.8) is 0 Å². The lowest BCUT2D eigenvalue weighted by Gasteiger charge is -2.38. The summed E-state index contributed by atoms with van der Waals surface area (Å²) in [5.74, 6) is 0.200. The summed E-state index contributed by atoms with van der Waals surface area (Å²) >= 11 is 0. The number of rotatable bonds is 4. The first kappa shape index (κ1) is 13.8. The van der Waals surface area contributed by atoms with Crippen LogP contribution in [0.2, 0.25) is 0 Å². The minimum atomic E-state index is -0.0679. The molecular weight excluding hydrogens is 232 g/mol. The van der Waals surface area contributed by atoms with Crippen LogP contribution < -0.4 is 5.32 Å². The van der Waals surface area contributed by atoms with E-state index < -0.39 is 0 Å². The van der Waals surface area contributed by atoms with E-state index in [2.05, 4.69) is 24.1 Å². The lowest BCUT2D eigenvalue weighted by Crippen LogP contribution is -2.50. The lowest BCUT2D eigenvalue weighted by molar-refractivity contribution is -0.125. The molecular formula is C13H24N2O3.